The second-order valence-corrected chi connectivity index (χ2v) is 5.22. The Balaban J connectivity index is 2.71. The van der Waals surface area contributed by atoms with Crippen LogP contribution in [0.1, 0.15) is 6.42 Å². The minimum absolute atomic E-state index is 0.0307. The molecular formula is C9H16BO4P. The number of rotatable bonds is 4. The molecule has 0 saturated heterocycles. The minimum atomic E-state index is -3.90. The van der Waals surface area contributed by atoms with E-state index in [1.54, 1.807) is 6.08 Å². The SMILES string of the molecule is BC1C=CC(C=C)C(OP(=O)(O)OC)C1. The molecule has 1 aliphatic carbocycles. The second kappa shape index (κ2) is 5.13. The average Bonchev–Trinajstić information content (AvgIpc) is 2.18. The van der Waals surface area contributed by atoms with E-state index in [0.717, 1.165) is 7.11 Å². The molecule has 1 N–H and O–H groups in total. The molecule has 0 aromatic carbocycles. The summed E-state index contributed by atoms with van der Waals surface area (Å²) >= 11 is 0. The molecule has 0 radical (unpaired) electrons. The summed E-state index contributed by atoms with van der Waals surface area (Å²) in [6.45, 7) is 3.67. The van der Waals surface area contributed by atoms with Gasteiger partial charge in [-0.05, 0) is 12.2 Å². The molecule has 0 aliphatic heterocycles. The molecule has 1 aliphatic rings. The van der Waals surface area contributed by atoms with Crippen LogP contribution in [0.4, 0.5) is 0 Å². The predicted molar refractivity (Wildman–Crippen MR) is 61.4 cm³/mol. The Morgan fingerprint density at radius 3 is 2.87 bits per heavy atom. The summed E-state index contributed by atoms with van der Waals surface area (Å²) < 4.78 is 20.7. The fraction of sp³-hybridized carbons (Fsp3) is 0.556. The summed E-state index contributed by atoms with van der Waals surface area (Å²) in [4.78, 5) is 9.23. The summed E-state index contributed by atoms with van der Waals surface area (Å²) in [7, 11) is -0.713. The third kappa shape index (κ3) is 3.61. The van der Waals surface area contributed by atoms with Crippen LogP contribution in [0.25, 0.3) is 0 Å². The number of hydrogen-bond donors (Lipinski definition) is 1. The van der Waals surface area contributed by atoms with Crippen molar-refractivity contribution in [1.82, 2.24) is 0 Å². The standard InChI is InChI=1S/C9H16BO4P/c1-3-7-4-5-8(10)6-9(7)14-15(11,12)13-2/h3-5,7-9H,1,6,10H2,2H3,(H,11,12). The van der Waals surface area contributed by atoms with Gasteiger partial charge in [-0.15, -0.1) is 6.58 Å². The van der Waals surface area contributed by atoms with E-state index in [0.29, 0.717) is 12.2 Å². The van der Waals surface area contributed by atoms with E-state index in [1.165, 1.54) is 0 Å². The number of hydrogen-bond acceptors (Lipinski definition) is 3. The summed E-state index contributed by atoms with van der Waals surface area (Å²) in [5.74, 6) is 0.305. The summed E-state index contributed by atoms with van der Waals surface area (Å²) in [5.41, 5.74) is 0. The maximum absolute atomic E-state index is 11.3. The lowest BCUT2D eigenvalue weighted by Crippen LogP contribution is -2.25. The van der Waals surface area contributed by atoms with Gasteiger partial charge in [0.1, 0.15) is 7.85 Å². The number of phosphoric ester groups is 1. The van der Waals surface area contributed by atoms with Crippen LogP contribution in [0.15, 0.2) is 24.8 Å². The molecule has 4 unspecified atom stereocenters. The highest BCUT2D eigenvalue weighted by Crippen LogP contribution is 2.47. The van der Waals surface area contributed by atoms with Crippen molar-refractivity contribution in [2.45, 2.75) is 18.3 Å². The molecule has 15 heavy (non-hydrogen) atoms. The fourth-order valence-corrected chi connectivity index (χ4v) is 2.26. The van der Waals surface area contributed by atoms with Crippen molar-refractivity contribution in [1.29, 1.82) is 0 Å². The predicted octanol–water partition coefficient (Wildman–Crippen LogP) is 1.30. The molecule has 0 saturated carbocycles. The third-order valence-corrected chi connectivity index (χ3v) is 3.47. The van der Waals surface area contributed by atoms with Crippen LogP contribution in [0, 0.1) is 5.92 Å². The lowest BCUT2D eigenvalue weighted by atomic mass is 9.75. The van der Waals surface area contributed by atoms with Gasteiger partial charge in [0.05, 0.1) is 6.10 Å². The maximum Gasteiger partial charge on any atom is 0.472 e. The van der Waals surface area contributed by atoms with E-state index in [-0.39, 0.29) is 12.0 Å². The van der Waals surface area contributed by atoms with E-state index >= 15 is 0 Å². The molecule has 6 heteroatoms. The van der Waals surface area contributed by atoms with Gasteiger partial charge >= 0.3 is 7.82 Å². The summed E-state index contributed by atoms with van der Waals surface area (Å²) in [6.07, 6.45) is 6.07. The lowest BCUT2D eigenvalue weighted by Gasteiger charge is -2.29. The van der Waals surface area contributed by atoms with Crippen LogP contribution in [-0.4, -0.2) is 26.0 Å². The van der Waals surface area contributed by atoms with Crippen molar-refractivity contribution in [3.8, 4) is 0 Å². The van der Waals surface area contributed by atoms with Crippen LogP contribution in [-0.2, 0) is 13.6 Å². The Bertz CT molecular complexity index is 304. The van der Waals surface area contributed by atoms with Crippen molar-refractivity contribution in [2.24, 2.45) is 5.92 Å². The topological polar surface area (TPSA) is 55.8 Å². The number of allylic oxidation sites excluding steroid dienone is 1. The monoisotopic (exact) mass is 230 g/mol. The Labute approximate surface area is 91.0 Å². The second-order valence-electron chi connectivity index (χ2n) is 3.71. The molecule has 0 spiro atoms. The van der Waals surface area contributed by atoms with Crippen LogP contribution < -0.4 is 0 Å². The van der Waals surface area contributed by atoms with Gasteiger partial charge in [0.2, 0.25) is 0 Å². The molecule has 0 aromatic heterocycles. The van der Waals surface area contributed by atoms with Gasteiger partial charge < -0.3 is 4.89 Å². The minimum Gasteiger partial charge on any atom is -0.302 e. The summed E-state index contributed by atoms with van der Waals surface area (Å²) in [5, 5.41) is 0. The van der Waals surface area contributed by atoms with Gasteiger partial charge in [-0.25, -0.2) is 4.57 Å². The number of phosphoric acid groups is 1. The molecule has 0 amide bonds. The van der Waals surface area contributed by atoms with Gasteiger partial charge in [-0.2, -0.15) is 0 Å². The largest absolute Gasteiger partial charge is 0.472 e. The zero-order valence-corrected chi connectivity index (χ0v) is 9.89. The first-order valence-corrected chi connectivity index (χ1v) is 6.36. The molecule has 4 nitrogen and oxygen atoms in total. The molecule has 0 heterocycles. The molecule has 1 rings (SSSR count). The molecule has 4 atom stereocenters. The van der Waals surface area contributed by atoms with E-state index in [4.69, 9.17) is 4.52 Å². The Morgan fingerprint density at radius 1 is 1.67 bits per heavy atom. The van der Waals surface area contributed by atoms with Gasteiger partial charge in [0.25, 0.3) is 0 Å². The first-order chi connectivity index (χ1) is 6.98. The molecule has 0 fully saturated rings. The quantitative estimate of drug-likeness (QED) is 0.449. The van der Waals surface area contributed by atoms with Crippen molar-refractivity contribution < 1.29 is 18.5 Å². The lowest BCUT2D eigenvalue weighted by molar-refractivity contribution is 0.0956. The normalized spacial score (nSPS) is 34.7. The van der Waals surface area contributed by atoms with Crippen molar-refractivity contribution in [3.63, 3.8) is 0 Å². The van der Waals surface area contributed by atoms with Crippen LogP contribution >= 0.6 is 7.82 Å². The average molecular weight is 230 g/mol. The van der Waals surface area contributed by atoms with Gasteiger partial charge in [0, 0.05) is 13.0 Å². The van der Waals surface area contributed by atoms with Crippen molar-refractivity contribution >= 4 is 15.7 Å². The van der Waals surface area contributed by atoms with Gasteiger partial charge in [0.15, 0.2) is 0 Å². The molecule has 84 valence electrons. The molecule has 0 aromatic rings. The van der Waals surface area contributed by atoms with E-state index < -0.39 is 7.82 Å². The highest BCUT2D eigenvalue weighted by atomic mass is 31.2. The first kappa shape index (κ1) is 12.7. The Hall–Kier alpha value is -0.345. The van der Waals surface area contributed by atoms with E-state index in [2.05, 4.69) is 17.2 Å². The Morgan fingerprint density at radius 2 is 2.33 bits per heavy atom. The van der Waals surface area contributed by atoms with Gasteiger partial charge in [-0.1, -0.05) is 18.2 Å². The zero-order chi connectivity index (χ0) is 11.5. The maximum atomic E-state index is 11.3. The van der Waals surface area contributed by atoms with E-state index in [1.807, 2.05) is 13.9 Å². The fourth-order valence-electron chi connectivity index (χ4n) is 1.60. The van der Waals surface area contributed by atoms with Crippen LogP contribution in [0.5, 0.6) is 0 Å². The van der Waals surface area contributed by atoms with Crippen molar-refractivity contribution in [2.75, 3.05) is 7.11 Å². The molecular weight excluding hydrogens is 214 g/mol. The highest BCUT2D eigenvalue weighted by molar-refractivity contribution is 7.47. The zero-order valence-electron chi connectivity index (χ0n) is 9.00. The first-order valence-electron chi connectivity index (χ1n) is 4.86. The van der Waals surface area contributed by atoms with Crippen LogP contribution in [0.3, 0.4) is 0 Å². The van der Waals surface area contributed by atoms with Crippen molar-refractivity contribution in [3.05, 3.63) is 24.8 Å². The third-order valence-electron chi connectivity index (χ3n) is 2.47. The van der Waals surface area contributed by atoms with Crippen LogP contribution in [0.2, 0.25) is 5.82 Å². The Kier molecular flexibility index (Phi) is 4.35. The van der Waals surface area contributed by atoms with Gasteiger partial charge in [-0.3, -0.25) is 9.05 Å². The summed E-state index contributed by atoms with van der Waals surface area (Å²) in [6, 6.07) is 0. The molecule has 0 bridgehead atoms. The van der Waals surface area contributed by atoms with E-state index in [9.17, 15) is 9.46 Å². The smallest absolute Gasteiger partial charge is 0.302 e. The highest BCUT2D eigenvalue weighted by Gasteiger charge is 2.31.